The molecule has 1 N–H and O–H groups in total. The molecule has 0 saturated heterocycles. The molecule has 1 heterocycles. The van der Waals surface area contributed by atoms with Gasteiger partial charge in [-0.25, -0.2) is 4.98 Å². The minimum Gasteiger partial charge on any atom is -0.393 e. The molecule has 0 aliphatic rings. The van der Waals surface area contributed by atoms with Crippen LogP contribution in [0.4, 0.5) is 0 Å². The molecule has 1 aromatic rings. The van der Waals surface area contributed by atoms with Crippen molar-refractivity contribution >= 4 is 23.1 Å². The summed E-state index contributed by atoms with van der Waals surface area (Å²) in [5.74, 6) is 1.02. The van der Waals surface area contributed by atoms with Crippen LogP contribution in [-0.4, -0.2) is 28.2 Å². The number of hydrogen-bond acceptors (Lipinski definition) is 4. The van der Waals surface area contributed by atoms with Gasteiger partial charge in [-0.15, -0.1) is 11.3 Å². The predicted octanol–water partition coefficient (Wildman–Crippen LogP) is 2.11. The summed E-state index contributed by atoms with van der Waals surface area (Å²) in [5.41, 5.74) is 1.05. The average molecular weight is 217 g/mol. The summed E-state index contributed by atoms with van der Waals surface area (Å²) in [6.07, 6.45) is 3.40. The van der Waals surface area contributed by atoms with Gasteiger partial charge in [0.25, 0.3) is 0 Å². The molecule has 2 nitrogen and oxygen atoms in total. The first kappa shape index (κ1) is 11.0. The summed E-state index contributed by atoms with van der Waals surface area (Å²) in [6.45, 7) is 1.98. The van der Waals surface area contributed by atoms with Gasteiger partial charge in [-0.1, -0.05) is 0 Å². The molecule has 0 saturated carbocycles. The van der Waals surface area contributed by atoms with E-state index in [1.165, 1.54) is 0 Å². The molecular formula is C9H15NOS2. The molecule has 4 heteroatoms. The van der Waals surface area contributed by atoms with Crippen LogP contribution in [0.15, 0.2) is 5.38 Å². The quantitative estimate of drug-likeness (QED) is 0.820. The van der Waals surface area contributed by atoms with Crippen LogP contribution in [0.25, 0.3) is 0 Å². The van der Waals surface area contributed by atoms with E-state index >= 15 is 0 Å². The Bertz CT molecular complexity index is 250. The van der Waals surface area contributed by atoms with Crippen molar-refractivity contribution in [2.24, 2.45) is 0 Å². The number of aliphatic hydroxyl groups excluding tert-OH is 1. The van der Waals surface area contributed by atoms with E-state index in [4.69, 9.17) is 0 Å². The first-order chi connectivity index (χ1) is 6.22. The first-order valence-corrected chi connectivity index (χ1v) is 6.57. The molecule has 1 unspecified atom stereocenters. The van der Waals surface area contributed by atoms with E-state index in [9.17, 15) is 5.11 Å². The van der Waals surface area contributed by atoms with E-state index in [1.807, 2.05) is 12.3 Å². The molecule has 1 rings (SSSR count). The fourth-order valence-electron chi connectivity index (χ4n) is 1.05. The highest BCUT2D eigenvalue weighted by molar-refractivity contribution is 7.98. The van der Waals surface area contributed by atoms with Crippen molar-refractivity contribution in [1.82, 2.24) is 4.98 Å². The Hall–Kier alpha value is -0.0600. The molecule has 1 aromatic heterocycles. The van der Waals surface area contributed by atoms with E-state index in [0.29, 0.717) is 6.42 Å². The van der Waals surface area contributed by atoms with Gasteiger partial charge >= 0.3 is 0 Å². The van der Waals surface area contributed by atoms with Crippen LogP contribution >= 0.6 is 23.1 Å². The molecule has 0 spiro atoms. The van der Waals surface area contributed by atoms with Crippen molar-refractivity contribution in [3.05, 3.63) is 16.1 Å². The van der Waals surface area contributed by atoms with Gasteiger partial charge in [-0.2, -0.15) is 11.8 Å². The highest BCUT2D eigenvalue weighted by Gasteiger charge is 2.07. The molecule has 74 valence electrons. The lowest BCUT2D eigenvalue weighted by atomic mass is 10.2. The van der Waals surface area contributed by atoms with Crippen LogP contribution in [0.2, 0.25) is 0 Å². The second-order valence-corrected chi connectivity index (χ2v) is 4.95. The van der Waals surface area contributed by atoms with E-state index in [-0.39, 0.29) is 6.10 Å². The summed E-state index contributed by atoms with van der Waals surface area (Å²) >= 11 is 3.40. The van der Waals surface area contributed by atoms with Crippen molar-refractivity contribution in [3.8, 4) is 0 Å². The van der Waals surface area contributed by atoms with Crippen LogP contribution in [-0.2, 0) is 6.42 Å². The topological polar surface area (TPSA) is 33.1 Å². The zero-order chi connectivity index (χ0) is 9.68. The van der Waals surface area contributed by atoms with Gasteiger partial charge in [0.1, 0.15) is 0 Å². The minimum atomic E-state index is -0.224. The lowest BCUT2D eigenvalue weighted by Gasteiger charge is -2.06. The normalized spacial score (nSPS) is 13.2. The van der Waals surface area contributed by atoms with Crippen molar-refractivity contribution < 1.29 is 5.11 Å². The van der Waals surface area contributed by atoms with E-state index in [1.54, 1.807) is 23.1 Å². The predicted molar refractivity (Wildman–Crippen MR) is 59.6 cm³/mol. The molecule has 0 radical (unpaired) electrons. The lowest BCUT2D eigenvalue weighted by Crippen LogP contribution is -2.11. The standard InChI is InChI=1S/C9H15NOS2/c1-7-6-13-9(10-7)5-8(11)3-4-12-2/h6,8,11H,3-5H2,1-2H3. The Morgan fingerprint density at radius 2 is 2.46 bits per heavy atom. The van der Waals surface area contributed by atoms with E-state index < -0.39 is 0 Å². The smallest absolute Gasteiger partial charge is 0.0953 e. The molecule has 0 aliphatic carbocycles. The highest BCUT2D eigenvalue weighted by atomic mass is 32.2. The third kappa shape index (κ3) is 4.11. The van der Waals surface area contributed by atoms with Gasteiger partial charge in [-0.3, -0.25) is 0 Å². The maximum atomic E-state index is 9.60. The number of thiazole rings is 1. The minimum absolute atomic E-state index is 0.224. The Labute approximate surface area is 87.4 Å². The number of rotatable bonds is 5. The Balaban J connectivity index is 2.31. The molecule has 0 bridgehead atoms. The van der Waals surface area contributed by atoms with Crippen molar-refractivity contribution in [2.45, 2.75) is 25.9 Å². The fraction of sp³-hybridized carbons (Fsp3) is 0.667. The Morgan fingerprint density at radius 3 is 3.00 bits per heavy atom. The second kappa shape index (κ2) is 5.62. The van der Waals surface area contributed by atoms with Crippen molar-refractivity contribution in [3.63, 3.8) is 0 Å². The number of nitrogens with zero attached hydrogens (tertiary/aromatic N) is 1. The number of aromatic nitrogens is 1. The molecule has 0 amide bonds. The molecule has 13 heavy (non-hydrogen) atoms. The number of aliphatic hydroxyl groups is 1. The zero-order valence-corrected chi connectivity index (χ0v) is 9.62. The summed E-state index contributed by atoms with van der Waals surface area (Å²) in [5, 5.41) is 12.7. The van der Waals surface area contributed by atoms with Crippen molar-refractivity contribution in [2.75, 3.05) is 12.0 Å². The fourth-order valence-corrected chi connectivity index (χ4v) is 2.41. The van der Waals surface area contributed by atoms with Crippen LogP contribution in [0, 0.1) is 6.92 Å². The molecule has 0 aliphatic heterocycles. The van der Waals surface area contributed by atoms with Gasteiger partial charge in [-0.05, 0) is 25.4 Å². The van der Waals surface area contributed by atoms with Crippen LogP contribution in [0.3, 0.4) is 0 Å². The largest absolute Gasteiger partial charge is 0.393 e. The SMILES string of the molecule is CSCCC(O)Cc1nc(C)cs1. The highest BCUT2D eigenvalue weighted by Crippen LogP contribution is 2.13. The number of hydrogen-bond donors (Lipinski definition) is 1. The molecule has 0 aromatic carbocycles. The van der Waals surface area contributed by atoms with Crippen LogP contribution < -0.4 is 0 Å². The van der Waals surface area contributed by atoms with Gasteiger partial charge in [0, 0.05) is 17.5 Å². The van der Waals surface area contributed by atoms with Crippen molar-refractivity contribution in [1.29, 1.82) is 0 Å². The third-order valence-electron chi connectivity index (χ3n) is 1.73. The van der Waals surface area contributed by atoms with Gasteiger partial charge in [0.05, 0.1) is 11.1 Å². The van der Waals surface area contributed by atoms with E-state index in [2.05, 4.69) is 11.2 Å². The summed E-state index contributed by atoms with van der Waals surface area (Å²) in [7, 11) is 0. The maximum absolute atomic E-state index is 9.60. The van der Waals surface area contributed by atoms with Crippen LogP contribution in [0.5, 0.6) is 0 Å². The zero-order valence-electron chi connectivity index (χ0n) is 7.99. The number of thioether (sulfide) groups is 1. The maximum Gasteiger partial charge on any atom is 0.0953 e. The van der Waals surface area contributed by atoms with Gasteiger partial charge in [0.15, 0.2) is 0 Å². The summed E-state index contributed by atoms with van der Waals surface area (Å²) in [6, 6.07) is 0. The van der Waals surface area contributed by atoms with Crippen LogP contribution in [0.1, 0.15) is 17.1 Å². The summed E-state index contributed by atoms with van der Waals surface area (Å²) in [4.78, 5) is 4.31. The van der Waals surface area contributed by atoms with E-state index in [0.717, 1.165) is 22.9 Å². The average Bonchev–Trinajstić information content (AvgIpc) is 2.48. The second-order valence-electron chi connectivity index (χ2n) is 3.02. The Kier molecular flexibility index (Phi) is 4.77. The molecule has 1 atom stereocenters. The van der Waals surface area contributed by atoms with Gasteiger partial charge in [0.2, 0.25) is 0 Å². The first-order valence-electron chi connectivity index (χ1n) is 4.30. The lowest BCUT2D eigenvalue weighted by molar-refractivity contribution is 0.172. The monoisotopic (exact) mass is 217 g/mol. The Morgan fingerprint density at radius 1 is 1.69 bits per heavy atom. The summed E-state index contributed by atoms with van der Waals surface area (Å²) < 4.78 is 0. The molecule has 0 fully saturated rings. The third-order valence-corrected chi connectivity index (χ3v) is 3.36. The molecular weight excluding hydrogens is 202 g/mol. The number of aryl methyl sites for hydroxylation is 1. The van der Waals surface area contributed by atoms with Gasteiger partial charge < -0.3 is 5.11 Å².